The first-order chi connectivity index (χ1) is 14.3. The summed E-state index contributed by atoms with van der Waals surface area (Å²) in [6, 6.07) is 12.3. The van der Waals surface area contributed by atoms with Crippen LogP contribution >= 0.6 is 15.9 Å². The average molecular weight is 488 g/mol. The van der Waals surface area contributed by atoms with Crippen LogP contribution in [0.2, 0.25) is 25.7 Å². The summed E-state index contributed by atoms with van der Waals surface area (Å²) in [7, 11) is -1.13. The summed E-state index contributed by atoms with van der Waals surface area (Å²) >= 11 is 3.30. The summed E-state index contributed by atoms with van der Waals surface area (Å²) in [4.78, 5) is 4.88. The molecule has 2 aromatic heterocycles. The second-order valence-electron chi connectivity index (χ2n) is 9.13. The monoisotopic (exact) mass is 487 g/mol. The fraction of sp³-hybridized carbons (Fsp3) is 0.391. The van der Waals surface area contributed by atoms with Gasteiger partial charge in [-0.15, -0.1) is 0 Å². The molecule has 0 N–H and O–H groups in total. The lowest BCUT2D eigenvalue weighted by atomic mass is 10.0. The van der Waals surface area contributed by atoms with E-state index in [0.29, 0.717) is 17.1 Å². The molecule has 158 valence electrons. The Balaban J connectivity index is 1.65. The molecule has 30 heavy (non-hydrogen) atoms. The first-order valence-corrected chi connectivity index (χ1v) is 14.9. The van der Waals surface area contributed by atoms with Crippen molar-refractivity contribution in [3.8, 4) is 22.5 Å². The maximum Gasteiger partial charge on any atom is 0.139 e. The molecule has 2 heterocycles. The number of rotatable bonds is 8. The molecule has 0 aliphatic heterocycles. The number of ether oxygens (including phenoxy) is 1. The molecular formula is C23H27BrFN3OSi. The molecule has 4 nitrogen and oxygen atoms in total. The molecule has 0 saturated heterocycles. The third-order valence-corrected chi connectivity index (χ3v) is 7.53. The minimum Gasteiger partial charge on any atom is -0.360 e. The van der Waals surface area contributed by atoms with Crippen molar-refractivity contribution in [1.29, 1.82) is 0 Å². The molecule has 0 amide bonds. The van der Waals surface area contributed by atoms with Gasteiger partial charge in [-0.25, -0.2) is 9.07 Å². The first kappa shape index (κ1) is 21.4. The van der Waals surface area contributed by atoms with Gasteiger partial charge in [0.1, 0.15) is 18.2 Å². The summed E-state index contributed by atoms with van der Waals surface area (Å²) in [6.45, 7) is 8.14. The maximum absolute atomic E-state index is 13.8. The van der Waals surface area contributed by atoms with E-state index in [1.165, 1.54) is 18.9 Å². The zero-order valence-corrected chi connectivity index (χ0v) is 20.2. The zero-order valence-electron chi connectivity index (χ0n) is 17.7. The van der Waals surface area contributed by atoms with E-state index in [9.17, 15) is 4.39 Å². The summed E-state index contributed by atoms with van der Waals surface area (Å²) in [5.41, 5.74) is 4.58. The summed E-state index contributed by atoms with van der Waals surface area (Å²) in [5, 5.41) is 4.80. The highest BCUT2D eigenvalue weighted by atomic mass is 79.9. The minimum absolute atomic E-state index is 0.281. The van der Waals surface area contributed by atoms with E-state index in [4.69, 9.17) is 14.8 Å². The smallest absolute Gasteiger partial charge is 0.139 e. The highest BCUT2D eigenvalue weighted by molar-refractivity contribution is 9.10. The van der Waals surface area contributed by atoms with Crippen molar-refractivity contribution in [2.45, 2.75) is 51.2 Å². The number of nitrogens with zero attached hydrogens (tertiary/aromatic N) is 3. The van der Waals surface area contributed by atoms with Crippen molar-refractivity contribution in [3.63, 3.8) is 0 Å². The predicted molar refractivity (Wildman–Crippen MR) is 125 cm³/mol. The molecule has 1 fully saturated rings. The van der Waals surface area contributed by atoms with Crippen LogP contribution in [0.3, 0.4) is 0 Å². The van der Waals surface area contributed by atoms with Crippen molar-refractivity contribution in [1.82, 2.24) is 14.8 Å². The number of hydrogen-bond donors (Lipinski definition) is 0. The van der Waals surface area contributed by atoms with E-state index >= 15 is 0 Å². The first-order valence-electron chi connectivity index (χ1n) is 10.4. The molecule has 1 aliphatic rings. The molecule has 0 atom stereocenters. The van der Waals surface area contributed by atoms with Crippen LogP contribution < -0.4 is 0 Å². The highest BCUT2D eigenvalue weighted by Gasteiger charge is 2.26. The zero-order chi connectivity index (χ0) is 21.3. The molecule has 1 aliphatic carbocycles. The Morgan fingerprint density at radius 2 is 2.00 bits per heavy atom. The quantitative estimate of drug-likeness (QED) is 0.262. The number of hydrogen-bond acceptors (Lipinski definition) is 3. The van der Waals surface area contributed by atoms with Crippen LogP contribution in [-0.2, 0) is 11.5 Å². The number of halogens is 2. The Bertz CT molecular complexity index is 1040. The van der Waals surface area contributed by atoms with Gasteiger partial charge in [-0.2, -0.15) is 5.10 Å². The van der Waals surface area contributed by atoms with E-state index in [0.717, 1.165) is 40.9 Å². The predicted octanol–water partition coefficient (Wildman–Crippen LogP) is 6.70. The van der Waals surface area contributed by atoms with Crippen LogP contribution in [-0.4, -0.2) is 29.4 Å². The van der Waals surface area contributed by atoms with Crippen molar-refractivity contribution in [2.75, 3.05) is 6.61 Å². The number of aromatic nitrogens is 3. The van der Waals surface area contributed by atoms with Gasteiger partial charge in [0.15, 0.2) is 0 Å². The lowest BCUT2D eigenvalue weighted by molar-refractivity contribution is 0.0787. The molecule has 7 heteroatoms. The van der Waals surface area contributed by atoms with Gasteiger partial charge in [0.2, 0.25) is 0 Å². The van der Waals surface area contributed by atoms with Crippen LogP contribution in [0, 0.1) is 5.82 Å². The number of benzene rings is 1. The molecule has 0 spiro atoms. The van der Waals surface area contributed by atoms with Crippen LogP contribution in [0.25, 0.3) is 22.5 Å². The van der Waals surface area contributed by atoms with E-state index < -0.39 is 8.07 Å². The Morgan fingerprint density at radius 1 is 1.20 bits per heavy atom. The van der Waals surface area contributed by atoms with Gasteiger partial charge >= 0.3 is 0 Å². The number of pyridine rings is 1. The lowest BCUT2D eigenvalue weighted by Crippen LogP contribution is -2.22. The summed E-state index contributed by atoms with van der Waals surface area (Å²) < 4.78 is 21.9. The molecule has 0 radical (unpaired) electrons. The molecule has 3 aromatic rings. The van der Waals surface area contributed by atoms with Crippen molar-refractivity contribution in [2.24, 2.45) is 0 Å². The summed E-state index contributed by atoms with van der Waals surface area (Å²) in [6.07, 6.45) is 4.37. The second kappa shape index (κ2) is 8.73. The topological polar surface area (TPSA) is 39.9 Å². The Kier molecular flexibility index (Phi) is 6.23. The third kappa shape index (κ3) is 5.25. The Hall–Kier alpha value is -1.83. The molecular weight excluding hydrogens is 461 g/mol. The van der Waals surface area contributed by atoms with Gasteiger partial charge in [0.25, 0.3) is 0 Å². The molecule has 1 aromatic carbocycles. The van der Waals surface area contributed by atoms with Crippen LogP contribution in [0.4, 0.5) is 4.39 Å². The SMILES string of the molecule is C[Si](C)(C)CCOCn1cc(-c2ccc(F)c(Br)c2)c(-c2cccc(C3CC3)n2)n1. The van der Waals surface area contributed by atoms with Crippen molar-refractivity contribution >= 4 is 24.0 Å². The molecule has 0 bridgehead atoms. The molecule has 1 saturated carbocycles. The van der Waals surface area contributed by atoms with Crippen molar-refractivity contribution in [3.05, 3.63) is 58.6 Å². The average Bonchev–Trinajstić information content (AvgIpc) is 3.47. The molecule has 4 rings (SSSR count). The van der Waals surface area contributed by atoms with Gasteiger partial charge in [-0.1, -0.05) is 31.8 Å². The molecule has 0 unspecified atom stereocenters. The minimum atomic E-state index is -1.13. The van der Waals surface area contributed by atoms with Crippen molar-refractivity contribution < 1.29 is 9.13 Å². The largest absolute Gasteiger partial charge is 0.360 e. The van der Waals surface area contributed by atoms with Crippen LogP contribution in [0.15, 0.2) is 47.1 Å². The Morgan fingerprint density at radius 3 is 2.70 bits per heavy atom. The van der Waals surface area contributed by atoms with E-state index in [1.54, 1.807) is 12.1 Å². The van der Waals surface area contributed by atoms with Crippen LogP contribution in [0.5, 0.6) is 0 Å². The lowest BCUT2D eigenvalue weighted by Gasteiger charge is -2.15. The fourth-order valence-corrected chi connectivity index (χ4v) is 4.41. The highest BCUT2D eigenvalue weighted by Crippen LogP contribution is 2.40. The fourth-order valence-electron chi connectivity index (χ4n) is 3.28. The standard InChI is InChI=1S/C23H27BrFN3OSi/c1-30(2,3)12-11-29-15-28-14-18(17-9-10-20(25)19(24)13-17)23(27-28)22-6-4-5-21(26-22)16-7-8-16/h4-6,9-10,13-14,16H,7-8,11-12,15H2,1-3H3. The van der Waals surface area contributed by atoms with E-state index in [-0.39, 0.29) is 5.82 Å². The third-order valence-electron chi connectivity index (χ3n) is 5.22. The Labute approximate surface area is 186 Å². The van der Waals surface area contributed by atoms with Gasteiger partial charge in [-0.3, -0.25) is 4.98 Å². The van der Waals surface area contributed by atoms with Gasteiger partial charge in [-0.05, 0) is 64.6 Å². The maximum atomic E-state index is 13.8. The van der Waals surface area contributed by atoms with E-state index in [2.05, 4.69) is 41.6 Å². The van der Waals surface area contributed by atoms with Gasteiger partial charge in [0.05, 0.1) is 10.2 Å². The van der Waals surface area contributed by atoms with Gasteiger partial charge in [0, 0.05) is 38.1 Å². The normalized spacial score (nSPS) is 14.3. The van der Waals surface area contributed by atoms with Gasteiger partial charge < -0.3 is 4.74 Å². The van der Waals surface area contributed by atoms with E-state index in [1.807, 2.05) is 23.0 Å². The second-order valence-corrected chi connectivity index (χ2v) is 15.6. The van der Waals surface area contributed by atoms with Crippen LogP contribution in [0.1, 0.15) is 24.5 Å². The summed E-state index contributed by atoms with van der Waals surface area (Å²) in [5.74, 6) is 0.288.